The first-order chi connectivity index (χ1) is 41.0. The molecule has 87 heavy (non-hydrogen) atoms. The molecule has 2 saturated heterocycles. The Balaban J connectivity index is 0.000000150. The van der Waals surface area contributed by atoms with Crippen LogP contribution >= 0.6 is 51.1 Å². The number of rotatable bonds is 4. The summed E-state index contributed by atoms with van der Waals surface area (Å²) in [5, 5.41) is 2.81. The van der Waals surface area contributed by atoms with Gasteiger partial charge >= 0.3 is 87.4 Å². The third-order valence-corrected chi connectivity index (χ3v) is 35.2. The number of nitrogens with zero attached hydrogens (tertiary/aromatic N) is 4. The molecule has 0 amide bonds. The van der Waals surface area contributed by atoms with Crippen LogP contribution in [0.2, 0.25) is 37.3 Å². The van der Waals surface area contributed by atoms with Crippen molar-refractivity contribution in [2.75, 3.05) is 14.1 Å². The van der Waals surface area contributed by atoms with Gasteiger partial charge < -0.3 is 9.13 Å². The zero-order valence-electron chi connectivity index (χ0n) is 53.4. The van der Waals surface area contributed by atoms with Crippen molar-refractivity contribution in [1.82, 2.24) is 18.9 Å². The van der Waals surface area contributed by atoms with E-state index in [4.69, 9.17) is 51.1 Å². The maximum atomic E-state index is 5.04. The summed E-state index contributed by atoms with van der Waals surface area (Å²) in [7, 11) is 36.2. The van der Waals surface area contributed by atoms with Gasteiger partial charge in [-0.15, -0.1) is 0 Å². The van der Waals surface area contributed by atoms with Gasteiger partial charge in [0, 0.05) is 93.7 Å². The first kappa shape index (κ1) is 66.8. The van der Waals surface area contributed by atoms with Crippen LogP contribution in [0.5, 0.6) is 0 Å². The van der Waals surface area contributed by atoms with Gasteiger partial charge in [0.2, 0.25) is 0 Å². The van der Waals surface area contributed by atoms with Crippen LogP contribution in [0, 0.1) is 73.0 Å². The molecule has 0 N–H and O–H groups in total. The molecule has 16 rings (SSSR count). The van der Waals surface area contributed by atoms with Crippen molar-refractivity contribution < 1.29 is 36.3 Å². The number of benzene rings is 4. The third-order valence-electron chi connectivity index (χ3n) is 26.0. The van der Waals surface area contributed by atoms with Crippen molar-refractivity contribution in [3.05, 3.63) is 119 Å². The molecular formula is C73H100Cl6N4Si2Zr2. The number of halogens is 6. The maximum absolute atomic E-state index is 5.04. The summed E-state index contributed by atoms with van der Waals surface area (Å²) in [6.45, 7) is 21.0. The number of fused-ring (bicyclic) bond motifs is 20. The summed E-state index contributed by atoms with van der Waals surface area (Å²) in [4.78, 5) is 6.20. The van der Waals surface area contributed by atoms with E-state index in [9.17, 15) is 0 Å². The van der Waals surface area contributed by atoms with Crippen molar-refractivity contribution in [3.8, 4) is 22.3 Å². The molecule has 6 aromatic rings. The topological polar surface area (TPSA) is 16.3 Å². The molecule has 2 aliphatic heterocycles. The fourth-order valence-corrected chi connectivity index (χ4v) is 34.2. The van der Waals surface area contributed by atoms with Crippen molar-refractivity contribution in [1.29, 1.82) is 0 Å². The van der Waals surface area contributed by atoms with Crippen molar-refractivity contribution in [2.24, 2.45) is 73.3 Å². The fraction of sp³-hybridized carbons (Fsp3) is 0.616. The molecule has 0 spiro atoms. The molecule has 470 valence electrons. The second kappa shape index (κ2) is 25.8. The Morgan fingerprint density at radius 2 is 0.839 bits per heavy atom. The molecule has 14 heteroatoms. The van der Waals surface area contributed by atoms with Gasteiger partial charge in [0.15, 0.2) is 0 Å². The van der Waals surface area contributed by atoms with Crippen LogP contribution in [0.15, 0.2) is 84.9 Å². The van der Waals surface area contributed by atoms with Crippen LogP contribution in [-0.2, 0) is 50.4 Å². The van der Waals surface area contributed by atoms with E-state index in [2.05, 4.69) is 186 Å². The SMILES string of the molecule is C.CC1CCC2C(C1)C1C3CCCCC3C([Si](C)(C)C3C4CCCCC4C4C5CC(C)CCC5N(C)C43)C1N2C.Cc1ccc2c(c1)c1c(n2C)C([Si](C)(C)C2c3ccccc3-c3c2n(C)c2ccc(C)cc32)c2ccccc2-1.[Cl][Zr]([Cl])([Cl])[Cl].[Cl][Zr][Cl]. The van der Waals surface area contributed by atoms with Gasteiger partial charge in [-0.05, 0) is 196 Å². The molecule has 4 nitrogen and oxygen atoms in total. The molecule has 6 saturated carbocycles. The fourth-order valence-electron chi connectivity index (χ4n) is 23.5. The number of hydrogen-bond acceptors (Lipinski definition) is 2. The molecule has 4 heterocycles. The molecule has 8 fully saturated rings. The zero-order valence-corrected chi connectivity index (χ0v) is 64.9. The van der Waals surface area contributed by atoms with E-state index in [-0.39, 0.29) is 7.43 Å². The van der Waals surface area contributed by atoms with Crippen LogP contribution < -0.4 is 0 Å². The summed E-state index contributed by atoms with van der Waals surface area (Å²) < 4.78 is 5.05. The summed E-state index contributed by atoms with van der Waals surface area (Å²) in [5.41, 5.74) is 20.2. The van der Waals surface area contributed by atoms with Crippen molar-refractivity contribution in [2.45, 2.75) is 198 Å². The van der Waals surface area contributed by atoms with Gasteiger partial charge in [0.25, 0.3) is 0 Å². The minimum atomic E-state index is -3.29. The number of hydrogen-bond donors (Lipinski definition) is 0. The Hall–Kier alpha value is -0.180. The number of aromatic nitrogens is 2. The number of likely N-dealkylation sites (tertiary alicyclic amines) is 2. The summed E-state index contributed by atoms with van der Waals surface area (Å²) in [6.07, 6.45) is 21.6. The Labute approximate surface area is 563 Å². The molecule has 2 aromatic heterocycles. The molecule has 18 atom stereocenters. The first-order valence-corrected chi connectivity index (χ1v) is 58.8. The Kier molecular flexibility index (Phi) is 19.8. The predicted octanol–water partition coefficient (Wildman–Crippen LogP) is 22.3. The summed E-state index contributed by atoms with van der Waals surface area (Å²) >= 11 is -4.12. The van der Waals surface area contributed by atoms with E-state index in [0.717, 1.165) is 94.4 Å². The van der Waals surface area contributed by atoms with E-state index >= 15 is 0 Å². The van der Waals surface area contributed by atoms with Gasteiger partial charge in [0.05, 0.1) is 16.1 Å². The van der Waals surface area contributed by atoms with Crippen LogP contribution in [0.1, 0.15) is 156 Å². The monoisotopic (exact) mass is 1480 g/mol. The minimum absolute atomic E-state index is 0. The van der Waals surface area contributed by atoms with Crippen LogP contribution in [-0.4, -0.2) is 73.3 Å². The normalized spacial score (nSPS) is 34.4. The quantitative estimate of drug-likeness (QED) is 0.164. The molecule has 8 aliphatic carbocycles. The molecular weight excluding hydrogens is 1380 g/mol. The van der Waals surface area contributed by atoms with E-state index in [0.29, 0.717) is 11.1 Å². The van der Waals surface area contributed by atoms with E-state index in [1.165, 1.54) is 103 Å². The summed E-state index contributed by atoms with van der Waals surface area (Å²) in [5.74, 6) is 10.4. The second-order valence-electron chi connectivity index (χ2n) is 30.9. The first-order valence-electron chi connectivity index (χ1n) is 33.5. The second-order valence-corrected chi connectivity index (χ2v) is 66.8. The van der Waals surface area contributed by atoms with Gasteiger partial charge in [-0.3, -0.25) is 9.80 Å². The Bertz CT molecular complexity index is 3280. The standard InChI is InChI=1S/C36H62N2Si.C36H34N2Si.CH4.6ClH.2Zr/c2*1-21-15-17-29-27(19-21)31-23-11-7-9-13-25(23)35(33(31)37(29)3)39(5,6)36-26-14-10-8-12-24(26)32-28-20-22(2)16-18-30(28)38(4)34(32)36;;;;;;;;;/h21-36H,7-20H2,1-6H3;7-20,35-36H,1-6H3;1H4;6*1H;;/q;;;;;;;;;+2;+4/p-6. The van der Waals surface area contributed by atoms with Gasteiger partial charge in [-0.2, -0.15) is 0 Å². The van der Waals surface area contributed by atoms with Crippen molar-refractivity contribution >= 4 is 89.0 Å². The number of aryl methyl sites for hydroxylation is 4. The molecule has 0 bridgehead atoms. The average Bonchev–Trinajstić information content (AvgIpc) is 1.55. The van der Waals surface area contributed by atoms with Crippen molar-refractivity contribution in [3.63, 3.8) is 0 Å². The van der Waals surface area contributed by atoms with Gasteiger partial charge in [-0.25, -0.2) is 0 Å². The average molecular weight is 1480 g/mol. The summed E-state index contributed by atoms with van der Waals surface area (Å²) in [6, 6.07) is 36.2. The van der Waals surface area contributed by atoms with Crippen LogP contribution in [0.25, 0.3) is 44.1 Å². The molecule has 0 radical (unpaired) electrons. The molecule has 18 unspecified atom stereocenters. The van der Waals surface area contributed by atoms with Crippen LogP contribution in [0.4, 0.5) is 0 Å². The molecule has 4 aromatic carbocycles. The van der Waals surface area contributed by atoms with Crippen LogP contribution in [0.3, 0.4) is 0 Å². The van der Waals surface area contributed by atoms with E-state index in [1.54, 1.807) is 64.2 Å². The Morgan fingerprint density at radius 1 is 0.483 bits per heavy atom. The third kappa shape index (κ3) is 11.2. The Morgan fingerprint density at radius 3 is 1.22 bits per heavy atom. The van der Waals surface area contributed by atoms with Gasteiger partial charge in [0.1, 0.15) is 0 Å². The van der Waals surface area contributed by atoms with E-state index < -0.39 is 52.5 Å². The van der Waals surface area contributed by atoms with E-state index in [1.807, 2.05) is 0 Å². The predicted molar refractivity (Wildman–Crippen MR) is 376 cm³/mol. The van der Waals surface area contributed by atoms with Gasteiger partial charge in [-0.1, -0.05) is 158 Å². The molecule has 10 aliphatic rings. The zero-order chi connectivity index (χ0) is 60.8.